The maximum Gasteiger partial charge on any atom is 0.430 e. The van der Waals surface area contributed by atoms with Crippen molar-refractivity contribution in [1.82, 2.24) is 20.1 Å². The van der Waals surface area contributed by atoms with Gasteiger partial charge in [0.1, 0.15) is 5.60 Å². The van der Waals surface area contributed by atoms with Gasteiger partial charge in [0.05, 0.1) is 23.5 Å². The SMILES string of the molecule is Cc1cc(C(O)(C(F)(F)F)C(F)(F)F)ccc1-c1sc(-c2nnc(CC(C)(C)OC=O)o2)nc1CN1CC(F)(F)C[C@@H]1C. The van der Waals surface area contributed by atoms with Gasteiger partial charge in [0, 0.05) is 24.6 Å². The number of aryl methyl sites for hydroxylation is 1. The first-order valence-corrected chi connectivity index (χ1v) is 13.5. The monoisotopic (exact) mass is 642 g/mol. The van der Waals surface area contributed by atoms with Crippen molar-refractivity contribution in [2.75, 3.05) is 6.54 Å². The number of rotatable bonds is 9. The van der Waals surface area contributed by atoms with Crippen LogP contribution in [0.5, 0.6) is 0 Å². The maximum absolute atomic E-state index is 14.1. The number of aromatic nitrogens is 3. The van der Waals surface area contributed by atoms with E-state index in [-0.39, 0.29) is 57.9 Å². The number of carbonyl (C=O) groups is 1. The summed E-state index contributed by atoms with van der Waals surface area (Å²) in [5.41, 5.74) is -7.26. The molecule has 1 fully saturated rings. The Morgan fingerprint density at radius 2 is 1.81 bits per heavy atom. The maximum atomic E-state index is 14.1. The molecule has 8 nitrogen and oxygen atoms in total. The Kier molecular flexibility index (Phi) is 8.43. The molecule has 0 unspecified atom stereocenters. The summed E-state index contributed by atoms with van der Waals surface area (Å²) in [6, 6.07) is 1.51. The minimum absolute atomic E-state index is 0.0338. The van der Waals surface area contributed by atoms with Crippen molar-refractivity contribution >= 4 is 17.8 Å². The fraction of sp³-hybridized carbons (Fsp3) is 0.538. The lowest BCUT2D eigenvalue weighted by atomic mass is 9.89. The molecule has 3 heterocycles. The molecular formula is C26H26F8N4O4S. The number of hydrogen-bond acceptors (Lipinski definition) is 9. The van der Waals surface area contributed by atoms with Crippen LogP contribution in [-0.2, 0) is 28.1 Å². The predicted octanol–water partition coefficient (Wildman–Crippen LogP) is 6.20. The number of likely N-dealkylation sites (tertiary alicyclic amines) is 1. The van der Waals surface area contributed by atoms with Crippen molar-refractivity contribution in [2.45, 2.75) is 82.6 Å². The smallest absolute Gasteiger partial charge is 0.430 e. The van der Waals surface area contributed by atoms with Crippen molar-refractivity contribution < 1.29 is 54.2 Å². The largest absolute Gasteiger partial charge is 0.461 e. The molecule has 0 radical (unpaired) electrons. The van der Waals surface area contributed by atoms with Crippen LogP contribution in [0.1, 0.15) is 49.9 Å². The van der Waals surface area contributed by atoms with Crippen LogP contribution in [0.3, 0.4) is 0 Å². The number of carbonyl (C=O) groups excluding carboxylic acids is 1. The molecule has 1 saturated heterocycles. The van der Waals surface area contributed by atoms with E-state index < -0.39 is 54.0 Å². The highest BCUT2D eigenvalue weighted by molar-refractivity contribution is 7.18. The Hall–Kier alpha value is -3.18. The summed E-state index contributed by atoms with van der Waals surface area (Å²) in [6.07, 6.45) is -12.5. The Labute approximate surface area is 243 Å². The third kappa shape index (κ3) is 6.52. The van der Waals surface area contributed by atoms with Crippen LogP contribution >= 0.6 is 11.3 Å². The lowest BCUT2D eigenvalue weighted by Crippen LogP contribution is -2.53. The number of thiazole rings is 1. The zero-order valence-corrected chi connectivity index (χ0v) is 23.9. The summed E-state index contributed by atoms with van der Waals surface area (Å²) in [5, 5.41) is 17.8. The van der Waals surface area contributed by atoms with Crippen LogP contribution in [0.25, 0.3) is 21.3 Å². The second-order valence-electron chi connectivity index (χ2n) is 11.0. The first-order valence-electron chi connectivity index (χ1n) is 12.7. The molecule has 0 spiro atoms. The van der Waals surface area contributed by atoms with E-state index in [4.69, 9.17) is 9.15 Å². The zero-order chi connectivity index (χ0) is 32.2. The molecule has 43 heavy (non-hydrogen) atoms. The van der Waals surface area contributed by atoms with Gasteiger partial charge in [-0.3, -0.25) is 9.69 Å². The molecule has 2 aromatic heterocycles. The van der Waals surface area contributed by atoms with Gasteiger partial charge in [-0.25, -0.2) is 13.8 Å². The van der Waals surface area contributed by atoms with E-state index in [2.05, 4.69) is 15.2 Å². The minimum atomic E-state index is -6.07. The van der Waals surface area contributed by atoms with Crippen LogP contribution in [0.15, 0.2) is 22.6 Å². The number of nitrogens with zero attached hydrogens (tertiary/aromatic N) is 4. The lowest BCUT2D eigenvalue weighted by molar-refractivity contribution is -0.376. The van der Waals surface area contributed by atoms with Gasteiger partial charge in [-0.1, -0.05) is 18.2 Å². The highest BCUT2D eigenvalue weighted by atomic mass is 32.1. The van der Waals surface area contributed by atoms with Crippen LogP contribution < -0.4 is 0 Å². The molecule has 1 atom stereocenters. The molecule has 0 amide bonds. The lowest BCUT2D eigenvalue weighted by Gasteiger charge is -2.33. The first kappa shape index (κ1) is 32.7. The molecule has 4 rings (SSSR count). The number of hydrogen-bond donors (Lipinski definition) is 1. The van der Waals surface area contributed by atoms with Gasteiger partial charge in [0.25, 0.3) is 23.9 Å². The standard InChI is InChI=1S/C26H26F8N4O4S/c1-13-7-15(24(40,25(29,30)31)26(32,33)34)5-6-16(13)19-17(10-38-11-23(27,28)8-14(38)2)35-21(43-19)20-37-36-18(42-20)9-22(3,4)41-12-39/h5-7,12,14,40H,8-11H2,1-4H3/t14-/m0/s1. The number of ether oxygens (including phenoxy) is 1. The van der Waals surface area contributed by atoms with E-state index >= 15 is 0 Å². The molecule has 3 aromatic rings. The van der Waals surface area contributed by atoms with Crippen LogP contribution in [0.2, 0.25) is 0 Å². The van der Waals surface area contributed by atoms with Gasteiger partial charge in [0.2, 0.25) is 5.89 Å². The zero-order valence-electron chi connectivity index (χ0n) is 23.1. The summed E-state index contributed by atoms with van der Waals surface area (Å²) < 4.78 is 120. The molecule has 0 bridgehead atoms. The fourth-order valence-corrected chi connectivity index (χ4v) is 5.91. The number of aliphatic hydroxyl groups is 1. The van der Waals surface area contributed by atoms with Gasteiger partial charge in [-0.15, -0.1) is 21.5 Å². The summed E-state index contributed by atoms with van der Waals surface area (Å²) in [7, 11) is 0. The second kappa shape index (κ2) is 11.1. The van der Waals surface area contributed by atoms with E-state index in [9.17, 15) is 45.0 Å². The Morgan fingerprint density at radius 3 is 2.35 bits per heavy atom. The van der Waals surface area contributed by atoms with Crippen molar-refractivity contribution in [3.63, 3.8) is 0 Å². The minimum Gasteiger partial charge on any atom is -0.461 e. The van der Waals surface area contributed by atoms with Crippen molar-refractivity contribution in [2.24, 2.45) is 0 Å². The molecule has 236 valence electrons. The fourth-order valence-electron chi connectivity index (χ4n) is 4.82. The second-order valence-corrected chi connectivity index (χ2v) is 12.0. The highest BCUT2D eigenvalue weighted by Crippen LogP contribution is 2.51. The van der Waals surface area contributed by atoms with E-state index in [0.717, 1.165) is 17.4 Å². The molecule has 1 N–H and O–H groups in total. The van der Waals surface area contributed by atoms with Gasteiger partial charge < -0.3 is 14.3 Å². The molecule has 0 saturated carbocycles. The van der Waals surface area contributed by atoms with E-state index in [0.29, 0.717) is 12.1 Å². The molecule has 17 heteroatoms. The quantitative estimate of drug-likeness (QED) is 0.218. The molecule has 0 aliphatic carbocycles. The highest BCUT2D eigenvalue weighted by Gasteiger charge is 2.71. The number of benzene rings is 1. The Balaban J connectivity index is 1.78. The Bertz CT molecular complexity index is 1470. The average molecular weight is 643 g/mol. The summed E-state index contributed by atoms with van der Waals surface area (Å²) in [6.45, 7) is 5.60. The van der Waals surface area contributed by atoms with Gasteiger partial charge in [-0.05, 0) is 38.8 Å². The normalized spacial score (nSPS) is 18.3. The van der Waals surface area contributed by atoms with Crippen LogP contribution in [-0.4, -0.2) is 68.1 Å². The van der Waals surface area contributed by atoms with E-state index in [1.165, 1.54) is 11.8 Å². The van der Waals surface area contributed by atoms with Crippen LogP contribution in [0.4, 0.5) is 35.1 Å². The van der Waals surface area contributed by atoms with Crippen molar-refractivity contribution in [1.29, 1.82) is 0 Å². The van der Waals surface area contributed by atoms with Crippen molar-refractivity contribution in [3.05, 3.63) is 40.9 Å². The summed E-state index contributed by atoms with van der Waals surface area (Å²) >= 11 is 0.914. The van der Waals surface area contributed by atoms with E-state index in [1.807, 2.05) is 0 Å². The first-order chi connectivity index (χ1) is 19.7. The molecule has 1 aliphatic rings. The van der Waals surface area contributed by atoms with Gasteiger partial charge in [0.15, 0.2) is 5.01 Å². The van der Waals surface area contributed by atoms with Gasteiger partial charge >= 0.3 is 12.4 Å². The van der Waals surface area contributed by atoms with Crippen molar-refractivity contribution in [3.8, 4) is 21.3 Å². The number of halogens is 8. The summed E-state index contributed by atoms with van der Waals surface area (Å²) in [4.78, 5) is 16.9. The molecule has 1 aliphatic heterocycles. The van der Waals surface area contributed by atoms with Crippen LogP contribution in [0, 0.1) is 6.92 Å². The predicted molar refractivity (Wildman–Crippen MR) is 136 cm³/mol. The van der Waals surface area contributed by atoms with E-state index in [1.54, 1.807) is 20.8 Å². The third-order valence-electron chi connectivity index (χ3n) is 7.01. The van der Waals surface area contributed by atoms with Gasteiger partial charge in [-0.2, -0.15) is 26.3 Å². The summed E-state index contributed by atoms with van der Waals surface area (Å²) in [5.74, 6) is -2.98. The topological polar surface area (TPSA) is 102 Å². The average Bonchev–Trinajstić information content (AvgIpc) is 3.54. The molecule has 1 aromatic carbocycles. The molecular weight excluding hydrogens is 616 g/mol. The third-order valence-corrected chi connectivity index (χ3v) is 8.12. The Morgan fingerprint density at radius 1 is 1.16 bits per heavy atom. The number of alkyl halides is 8.